The third kappa shape index (κ3) is 8.55. The van der Waals surface area contributed by atoms with E-state index in [1.165, 1.54) is 4.90 Å². The van der Waals surface area contributed by atoms with Crippen LogP contribution < -0.4 is 4.90 Å². The number of benzene rings is 2. The van der Waals surface area contributed by atoms with E-state index in [0.717, 1.165) is 4.47 Å². The molecule has 0 heterocycles. The van der Waals surface area contributed by atoms with Crippen molar-refractivity contribution in [2.45, 2.75) is 45.0 Å². The van der Waals surface area contributed by atoms with Crippen LogP contribution in [-0.4, -0.2) is 31.2 Å². The molecule has 31 heavy (non-hydrogen) atoms. The van der Waals surface area contributed by atoms with Gasteiger partial charge in [-0.15, -0.1) is 0 Å². The van der Waals surface area contributed by atoms with Crippen LogP contribution in [0.5, 0.6) is 0 Å². The number of hydrogen-bond acceptors (Lipinski definition) is 2. The fourth-order valence-corrected chi connectivity index (χ4v) is 3.43. The Morgan fingerprint density at radius 1 is 0.871 bits per heavy atom. The Balaban J connectivity index is 2.18. The fraction of sp³-hybridized carbons (Fsp3) is 0.409. The molecule has 170 valence electrons. The molecule has 0 atom stereocenters. The molecule has 0 bridgehead atoms. The normalized spacial score (nSPS) is 12.1. The summed E-state index contributed by atoms with van der Waals surface area (Å²) >= 11 is 3.30. The molecule has 2 aromatic rings. The second kappa shape index (κ2) is 10.5. The first kappa shape index (κ1) is 25.2. The lowest BCUT2D eigenvalue weighted by Gasteiger charge is -2.26. The van der Waals surface area contributed by atoms with E-state index in [1.54, 1.807) is 49.4 Å². The van der Waals surface area contributed by atoms with Crippen LogP contribution in [0.3, 0.4) is 0 Å². The summed E-state index contributed by atoms with van der Waals surface area (Å²) in [4.78, 5) is 14.3. The van der Waals surface area contributed by atoms with Crippen molar-refractivity contribution in [3.8, 4) is 0 Å². The molecular weight excluding hydrogens is 488 g/mol. The lowest BCUT2D eigenvalue weighted by molar-refractivity contribution is -0.135. The van der Waals surface area contributed by atoms with Crippen LogP contribution in [0, 0.1) is 6.92 Å². The maximum absolute atomic E-state index is 12.7. The van der Waals surface area contributed by atoms with Gasteiger partial charge >= 0.3 is 12.4 Å². The van der Waals surface area contributed by atoms with E-state index in [1.807, 2.05) is 0 Å². The average Bonchev–Trinajstić information content (AvgIpc) is 2.65. The minimum Gasteiger partial charge on any atom is -0.372 e. The zero-order valence-corrected chi connectivity index (χ0v) is 18.4. The molecule has 0 saturated carbocycles. The van der Waals surface area contributed by atoms with Crippen LogP contribution in [0.25, 0.3) is 0 Å². The van der Waals surface area contributed by atoms with Gasteiger partial charge in [-0.3, -0.25) is 4.79 Å². The van der Waals surface area contributed by atoms with Gasteiger partial charge < -0.3 is 4.90 Å². The van der Waals surface area contributed by atoms with Gasteiger partial charge in [-0.2, -0.15) is 26.3 Å². The van der Waals surface area contributed by atoms with Crippen LogP contribution in [0.2, 0.25) is 0 Å². The highest BCUT2D eigenvalue weighted by atomic mass is 79.9. The highest BCUT2D eigenvalue weighted by molar-refractivity contribution is 9.10. The second-order valence-electron chi connectivity index (χ2n) is 7.26. The number of aryl methyl sites for hydroxylation is 1. The molecule has 0 N–H and O–H groups in total. The summed E-state index contributed by atoms with van der Waals surface area (Å²) < 4.78 is 75.8. The number of rotatable bonds is 9. The third-order valence-electron chi connectivity index (χ3n) is 4.70. The van der Waals surface area contributed by atoms with E-state index in [0.29, 0.717) is 22.4 Å². The molecule has 9 heteroatoms. The molecule has 0 radical (unpaired) electrons. The predicted octanol–water partition coefficient (Wildman–Crippen LogP) is 7.48. The maximum Gasteiger partial charge on any atom is 0.389 e. The molecule has 0 aliphatic rings. The first-order valence-electron chi connectivity index (χ1n) is 9.65. The van der Waals surface area contributed by atoms with Gasteiger partial charge in [0.2, 0.25) is 0 Å². The summed E-state index contributed by atoms with van der Waals surface area (Å²) in [5.41, 5.74) is 2.00. The smallest absolute Gasteiger partial charge is 0.372 e. The number of nitrogens with zero attached hydrogens (tertiary/aromatic N) is 1. The molecule has 0 spiro atoms. The van der Waals surface area contributed by atoms with Crippen molar-refractivity contribution in [3.63, 3.8) is 0 Å². The van der Waals surface area contributed by atoms with Gasteiger partial charge in [0.05, 0.1) is 0 Å². The Kier molecular flexibility index (Phi) is 8.57. The van der Waals surface area contributed by atoms with Gasteiger partial charge in [-0.1, -0.05) is 15.9 Å². The molecule has 0 aliphatic carbocycles. The number of ketones is 1. The van der Waals surface area contributed by atoms with Gasteiger partial charge in [0.25, 0.3) is 0 Å². The zero-order chi connectivity index (χ0) is 23.2. The van der Waals surface area contributed by atoms with Crippen molar-refractivity contribution in [2.75, 3.05) is 18.0 Å². The summed E-state index contributed by atoms with van der Waals surface area (Å²) in [6.07, 6.45) is -11.1. The summed E-state index contributed by atoms with van der Waals surface area (Å²) in [5, 5.41) is 0. The molecule has 0 aromatic heterocycles. The van der Waals surface area contributed by atoms with E-state index in [-0.39, 0.29) is 31.7 Å². The first-order valence-corrected chi connectivity index (χ1v) is 10.4. The monoisotopic (exact) mass is 509 g/mol. The SMILES string of the molecule is Cc1cc(N(CCCC(F)(F)F)CCCC(F)(F)F)ccc1C(=O)c1ccc(Br)cc1. The van der Waals surface area contributed by atoms with Crippen LogP contribution in [0.15, 0.2) is 46.9 Å². The number of halogens is 7. The predicted molar refractivity (Wildman–Crippen MR) is 112 cm³/mol. The molecule has 2 rings (SSSR count). The Morgan fingerprint density at radius 3 is 1.84 bits per heavy atom. The lowest BCUT2D eigenvalue weighted by Crippen LogP contribution is -2.28. The molecule has 0 amide bonds. The molecular formula is C22H22BrF6NO. The van der Waals surface area contributed by atoms with E-state index < -0.39 is 25.2 Å². The maximum atomic E-state index is 12.7. The molecule has 0 unspecified atom stereocenters. The quantitative estimate of drug-likeness (QED) is 0.258. The van der Waals surface area contributed by atoms with Crippen molar-refractivity contribution >= 4 is 27.4 Å². The largest absolute Gasteiger partial charge is 0.389 e. The van der Waals surface area contributed by atoms with Gasteiger partial charge in [0.15, 0.2) is 5.78 Å². The molecule has 2 aromatic carbocycles. The Bertz CT molecular complexity index is 857. The van der Waals surface area contributed by atoms with Crippen LogP contribution in [-0.2, 0) is 0 Å². The number of alkyl halides is 6. The topological polar surface area (TPSA) is 20.3 Å². The number of anilines is 1. The zero-order valence-electron chi connectivity index (χ0n) is 16.8. The molecule has 0 fully saturated rings. The van der Waals surface area contributed by atoms with Gasteiger partial charge in [-0.05, 0) is 67.8 Å². The number of hydrogen-bond donors (Lipinski definition) is 0. The van der Waals surface area contributed by atoms with Crippen molar-refractivity contribution in [2.24, 2.45) is 0 Å². The minimum atomic E-state index is -4.32. The van der Waals surface area contributed by atoms with Crippen LogP contribution in [0.1, 0.15) is 47.2 Å². The van der Waals surface area contributed by atoms with Gasteiger partial charge in [0, 0.05) is 47.2 Å². The standard InChI is InChI=1S/C22H22BrF6NO/c1-15-14-18(8-9-19(15)20(31)16-4-6-17(23)7-5-16)30(12-2-10-21(24,25)26)13-3-11-22(27,28)29/h4-9,14H,2-3,10-13H2,1H3. The van der Waals surface area contributed by atoms with E-state index in [4.69, 9.17) is 0 Å². The number of carbonyl (C=O) groups is 1. The van der Waals surface area contributed by atoms with E-state index in [2.05, 4.69) is 15.9 Å². The highest BCUT2D eigenvalue weighted by Crippen LogP contribution is 2.27. The van der Waals surface area contributed by atoms with Gasteiger partial charge in [0.1, 0.15) is 0 Å². The van der Waals surface area contributed by atoms with E-state index in [9.17, 15) is 31.1 Å². The summed E-state index contributed by atoms with van der Waals surface area (Å²) in [6.45, 7) is 1.63. The van der Waals surface area contributed by atoms with Crippen molar-refractivity contribution in [1.29, 1.82) is 0 Å². The molecule has 2 nitrogen and oxygen atoms in total. The Hall–Kier alpha value is -2.03. The summed E-state index contributed by atoms with van der Waals surface area (Å²) in [7, 11) is 0. The summed E-state index contributed by atoms with van der Waals surface area (Å²) in [6, 6.07) is 11.6. The second-order valence-corrected chi connectivity index (χ2v) is 8.18. The van der Waals surface area contributed by atoms with Crippen molar-refractivity contribution < 1.29 is 31.1 Å². The van der Waals surface area contributed by atoms with Crippen molar-refractivity contribution in [1.82, 2.24) is 0 Å². The van der Waals surface area contributed by atoms with Crippen LogP contribution in [0.4, 0.5) is 32.0 Å². The fourth-order valence-electron chi connectivity index (χ4n) is 3.17. The Morgan fingerprint density at radius 2 is 1.39 bits per heavy atom. The third-order valence-corrected chi connectivity index (χ3v) is 5.23. The average molecular weight is 510 g/mol. The molecule has 0 aliphatic heterocycles. The molecule has 0 saturated heterocycles. The van der Waals surface area contributed by atoms with Crippen molar-refractivity contribution in [3.05, 3.63) is 63.6 Å². The number of carbonyl (C=O) groups excluding carboxylic acids is 1. The van der Waals surface area contributed by atoms with Gasteiger partial charge in [-0.25, -0.2) is 0 Å². The van der Waals surface area contributed by atoms with E-state index >= 15 is 0 Å². The minimum absolute atomic E-state index is 0.0309. The Labute approximate surface area is 185 Å². The lowest BCUT2D eigenvalue weighted by atomic mass is 9.98. The highest BCUT2D eigenvalue weighted by Gasteiger charge is 2.28. The first-order chi connectivity index (χ1) is 14.4. The summed E-state index contributed by atoms with van der Waals surface area (Å²) in [5.74, 6) is -0.211. The van der Waals surface area contributed by atoms with Crippen LogP contribution >= 0.6 is 15.9 Å².